The van der Waals surface area contributed by atoms with Crippen molar-refractivity contribution in [2.45, 2.75) is 44.3 Å². The molecule has 1 aromatic carbocycles. The molecule has 4 heterocycles. The molecule has 1 aliphatic carbocycles. The van der Waals surface area contributed by atoms with Crippen LogP contribution in [0.25, 0.3) is 22.1 Å². The van der Waals surface area contributed by atoms with E-state index in [1.807, 2.05) is 16.8 Å². The van der Waals surface area contributed by atoms with Crippen LogP contribution in [0.15, 0.2) is 24.5 Å². The Morgan fingerprint density at radius 2 is 2.09 bits per heavy atom. The van der Waals surface area contributed by atoms with Crippen LogP contribution in [0.4, 0.5) is 5.82 Å². The van der Waals surface area contributed by atoms with Gasteiger partial charge in [0.05, 0.1) is 29.1 Å². The number of hydrogen-bond donors (Lipinski definition) is 2. The van der Waals surface area contributed by atoms with Gasteiger partial charge in [0.15, 0.2) is 5.65 Å². The van der Waals surface area contributed by atoms with E-state index < -0.39 is 0 Å². The number of benzene rings is 1. The Morgan fingerprint density at radius 3 is 2.91 bits per heavy atom. The summed E-state index contributed by atoms with van der Waals surface area (Å²) in [6, 6.07) is 7.25. The van der Waals surface area contributed by atoms with Crippen LogP contribution in [0.1, 0.15) is 48.4 Å². The molecule has 9 heteroatoms. The van der Waals surface area contributed by atoms with Crippen molar-refractivity contribution in [1.82, 2.24) is 34.6 Å². The van der Waals surface area contributed by atoms with Crippen molar-refractivity contribution in [3.63, 3.8) is 0 Å². The monoisotopic (exact) mass is 442 g/mol. The predicted octanol–water partition coefficient (Wildman–Crippen LogP) is 2.35. The van der Waals surface area contributed by atoms with E-state index in [-0.39, 0.29) is 6.04 Å². The fraction of sp³-hybridized carbons (Fsp3) is 0.417. The number of nitrogens with one attached hydrogen (secondary N) is 1. The molecule has 2 aliphatic rings. The van der Waals surface area contributed by atoms with Crippen LogP contribution in [-0.2, 0) is 4.74 Å². The van der Waals surface area contributed by atoms with Crippen molar-refractivity contribution in [3.05, 3.63) is 41.6 Å². The first-order valence-electron chi connectivity index (χ1n) is 11.3. The second kappa shape index (κ2) is 7.83. The van der Waals surface area contributed by atoms with Crippen LogP contribution in [0.3, 0.4) is 0 Å². The molecule has 0 amide bonds. The van der Waals surface area contributed by atoms with Crippen molar-refractivity contribution in [2.24, 2.45) is 0 Å². The summed E-state index contributed by atoms with van der Waals surface area (Å²) in [6.45, 7) is 3.53. The number of nitrogens with two attached hydrogens (primary N) is 1. The molecular formula is C24H26N8O. The minimum atomic E-state index is 0.156. The lowest BCUT2D eigenvalue weighted by Gasteiger charge is -2.10. The summed E-state index contributed by atoms with van der Waals surface area (Å²) in [5, 5.41) is 9.00. The molecule has 6 rings (SSSR count). The normalized spacial score (nSPS) is 20.4. The average molecular weight is 443 g/mol. The zero-order valence-corrected chi connectivity index (χ0v) is 18.7. The highest BCUT2D eigenvalue weighted by Gasteiger charge is 2.29. The maximum atomic E-state index is 6.22. The van der Waals surface area contributed by atoms with Crippen molar-refractivity contribution in [1.29, 1.82) is 0 Å². The van der Waals surface area contributed by atoms with Crippen molar-refractivity contribution in [3.8, 4) is 11.8 Å². The van der Waals surface area contributed by atoms with Crippen LogP contribution in [0.5, 0.6) is 0 Å². The van der Waals surface area contributed by atoms with Crippen LogP contribution < -0.4 is 11.1 Å². The summed E-state index contributed by atoms with van der Waals surface area (Å²) in [6.07, 6.45) is 4.85. The molecule has 33 heavy (non-hydrogen) atoms. The quantitative estimate of drug-likeness (QED) is 0.467. The van der Waals surface area contributed by atoms with E-state index in [2.05, 4.69) is 44.7 Å². The third-order valence-electron chi connectivity index (χ3n) is 6.53. The molecule has 168 valence electrons. The van der Waals surface area contributed by atoms with Crippen LogP contribution >= 0.6 is 0 Å². The zero-order chi connectivity index (χ0) is 22.5. The molecule has 0 spiro atoms. The van der Waals surface area contributed by atoms with Gasteiger partial charge in [-0.2, -0.15) is 5.10 Å². The van der Waals surface area contributed by atoms with E-state index in [4.69, 9.17) is 20.6 Å². The third kappa shape index (κ3) is 3.52. The lowest BCUT2D eigenvalue weighted by atomic mass is 10.2. The van der Waals surface area contributed by atoms with Gasteiger partial charge in [0.25, 0.3) is 0 Å². The number of methoxy groups -OCH3 is 1. The maximum absolute atomic E-state index is 6.22. The molecule has 1 saturated carbocycles. The number of nitrogen functional groups attached to an aromatic ring is 1. The number of rotatable bonds is 4. The number of aromatic nitrogens is 6. The van der Waals surface area contributed by atoms with Gasteiger partial charge in [0, 0.05) is 31.3 Å². The van der Waals surface area contributed by atoms with Crippen molar-refractivity contribution in [2.75, 3.05) is 26.0 Å². The minimum Gasteiger partial charge on any atom is -0.383 e. The highest BCUT2D eigenvalue weighted by Crippen LogP contribution is 2.38. The first kappa shape index (κ1) is 20.1. The molecule has 1 unspecified atom stereocenters. The first-order valence-corrected chi connectivity index (χ1v) is 11.3. The highest BCUT2D eigenvalue weighted by molar-refractivity contribution is 5.90. The molecule has 3 aromatic heterocycles. The smallest absolute Gasteiger partial charge is 0.164 e. The molecule has 0 bridgehead atoms. The van der Waals surface area contributed by atoms with E-state index in [1.54, 1.807) is 7.11 Å². The Kier molecular flexibility index (Phi) is 4.78. The standard InChI is InChI=1S/C24H26N8O/c1-14-29-20-9-15(4-8-21(20)31(14)17-5-6-17)3-7-19-22-23(25)27-13-28-24(22)32(30-19)18-10-16(12-33-2)26-11-18/h4,8-9,13,16-18,26H,5-6,10-12H2,1-2H3,(H2,25,27,28)/t16-,18?/m1/s1. The molecule has 4 aromatic rings. The molecule has 9 nitrogen and oxygen atoms in total. The minimum absolute atomic E-state index is 0.156. The zero-order valence-electron chi connectivity index (χ0n) is 18.7. The van der Waals surface area contributed by atoms with Gasteiger partial charge < -0.3 is 20.4 Å². The van der Waals surface area contributed by atoms with E-state index >= 15 is 0 Å². The van der Waals surface area contributed by atoms with Gasteiger partial charge in [-0.1, -0.05) is 5.92 Å². The number of nitrogens with zero attached hydrogens (tertiary/aromatic N) is 6. The molecule has 3 N–H and O–H groups in total. The number of anilines is 1. The van der Waals surface area contributed by atoms with Crippen molar-refractivity contribution < 1.29 is 4.74 Å². The van der Waals surface area contributed by atoms with Gasteiger partial charge in [-0.25, -0.2) is 19.6 Å². The van der Waals surface area contributed by atoms with E-state index in [0.717, 1.165) is 29.9 Å². The molecular weight excluding hydrogens is 416 g/mol. The Hall–Kier alpha value is -3.48. The van der Waals surface area contributed by atoms with Crippen LogP contribution in [0, 0.1) is 18.8 Å². The molecule has 2 atom stereocenters. The molecule has 1 saturated heterocycles. The number of aryl methyl sites for hydroxylation is 1. The van der Waals surface area contributed by atoms with E-state index in [1.165, 1.54) is 24.7 Å². The summed E-state index contributed by atoms with van der Waals surface area (Å²) in [7, 11) is 1.72. The Labute approximate surface area is 191 Å². The molecule has 0 radical (unpaired) electrons. The van der Waals surface area contributed by atoms with Crippen LogP contribution in [0.2, 0.25) is 0 Å². The van der Waals surface area contributed by atoms with E-state index in [9.17, 15) is 0 Å². The van der Waals surface area contributed by atoms with Gasteiger partial charge in [0.2, 0.25) is 0 Å². The lowest BCUT2D eigenvalue weighted by Crippen LogP contribution is -2.25. The highest BCUT2D eigenvalue weighted by atomic mass is 16.5. The van der Waals surface area contributed by atoms with Gasteiger partial charge in [0.1, 0.15) is 23.7 Å². The Balaban J connectivity index is 1.37. The summed E-state index contributed by atoms with van der Waals surface area (Å²) >= 11 is 0. The largest absolute Gasteiger partial charge is 0.383 e. The second-order valence-corrected chi connectivity index (χ2v) is 8.91. The van der Waals surface area contributed by atoms with Crippen molar-refractivity contribution >= 4 is 27.9 Å². The third-order valence-corrected chi connectivity index (χ3v) is 6.53. The summed E-state index contributed by atoms with van der Waals surface area (Å²) in [5.41, 5.74) is 10.6. The second-order valence-electron chi connectivity index (χ2n) is 8.91. The molecule has 2 fully saturated rings. The average Bonchev–Trinajstić information content (AvgIpc) is 3.25. The van der Waals surface area contributed by atoms with Crippen LogP contribution in [-0.4, -0.2) is 55.6 Å². The number of fused-ring (bicyclic) bond motifs is 2. The number of imidazole rings is 1. The van der Waals surface area contributed by atoms with Gasteiger partial charge in [-0.3, -0.25) is 0 Å². The van der Waals surface area contributed by atoms with Gasteiger partial charge in [-0.05, 0) is 50.3 Å². The van der Waals surface area contributed by atoms with Gasteiger partial charge >= 0.3 is 0 Å². The summed E-state index contributed by atoms with van der Waals surface area (Å²) in [5.74, 6) is 7.93. The Morgan fingerprint density at radius 1 is 1.21 bits per heavy atom. The number of ether oxygens (including phenoxy) is 1. The first-order chi connectivity index (χ1) is 16.1. The fourth-order valence-corrected chi connectivity index (χ4v) is 4.87. The fourth-order valence-electron chi connectivity index (χ4n) is 4.87. The topological polar surface area (TPSA) is 109 Å². The summed E-state index contributed by atoms with van der Waals surface area (Å²) in [4.78, 5) is 13.4. The maximum Gasteiger partial charge on any atom is 0.164 e. The van der Waals surface area contributed by atoms with E-state index in [0.29, 0.717) is 41.2 Å². The molecule has 1 aliphatic heterocycles. The Bertz CT molecular complexity index is 1420. The lowest BCUT2D eigenvalue weighted by molar-refractivity contribution is 0.172. The predicted molar refractivity (Wildman–Crippen MR) is 126 cm³/mol. The summed E-state index contributed by atoms with van der Waals surface area (Å²) < 4.78 is 9.57. The SMILES string of the molecule is COC[C@H]1CC(n2nc(C#Cc3ccc4c(c3)nc(C)n4C3CC3)c3c(N)ncnc32)CN1. The number of hydrogen-bond acceptors (Lipinski definition) is 7. The van der Waals surface area contributed by atoms with Gasteiger partial charge in [-0.15, -0.1) is 0 Å².